The Morgan fingerprint density at radius 1 is 1.26 bits per heavy atom. The summed E-state index contributed by atoms with van der Waals surface area (Å²) in [6, 6.07) is 5.83. The number of hydrogen-bond donors (Lipinski definition) is 2. The summed E-state index contributed by atoms with van der Waals surface area (Å²) in [6.07, 6.45) is 5.86. The minimum atomic E-state index is -0.359. The summed E-state index contributed by atoms with van der Waals surface area (Å²) in [6.45, 7) is 2.36. The quantitative estimate of drug-likeness (QED) is 0.666. The molecule has 1 aliphatic carbocycles. The average molecular weight is 481 g/mol. The van der Waals surface area contributed by atoms with Crippen LogP contribution in [0.15, 0.2) is 24.5 Å². The van der Waals surface area contributed by atoms with Gasteiger partial charge in [-0.05, 0) is 37.3 Å². The summed E-state index contributed by atoms with van der Waals surface area (Å²) in [5, 5.41) is 14.9. The van der Waals surface area contributed by atoms with Gasteiger partial charge >= 0.3 is 0 Å². The largest absolute Gasteiger partial charge is 0.354 e. The van der Waals surface area contributed by atoms with Crippen LogP contribution < -0.4 is 15.5 Å². The average Bonchev–Trinajstić information content (AvgIpc) is 3.56. The Kier molecular flexibility index (Phi) is 5.96. The van der Waals surface area contributed by atoms with Gasteiger partial charge in [0.25, 0.3) is 5.91 Å². The van der Waals surface area contributed by atoms with Crippen molar-refractivity contribution >= 4 is 40.9 Å². The minimum Gasteiger partial charge on any atom is -0.354 e. The van der Waals surface area contributed by atoms with Gasteiger partial charge in [0, 0.05) is 38.9 Å². The molecule has 2 aromatic heterocycles. The van der Waals surface area contributed by atoms with Gasteiger partial charge in [-0.25, -0.2) is 9.97 Å². The fraction of sp³-hybridized carbons (Fsp3) is 0.478. The first-order chi connectivity index (χ1) is 16.5. The Hall–Kier alpha value is -3.45. The number of anilines is 3. The highest BCUT2D eigenvalue weighted by atomic mass is 35.5. The number of aromatic nitrogens is 3. The van der Waals surface area contributed by atoms with Crippen molar-refractivity contribution in [1.29, 1.82) is 5.26 Å². The molecule has 2 saturated heterocycles. The van der Waals surface area contributed by atoms with Crippen LogP contribution in [0.3, 0.4) is 0 Å². The van der Waals surface area contributed by atoms with Gasteiger partial charge in [0.15, 0.2) is 0 Å². The molecule has 4 atom stereocenters. The number of hydrogen-bond acceptors (Lipinski definition) is 8. The topological polar surface area (TPSA) is 127 Å². The molecule has 2 aliphatic heterocycles. The van der Waals surface area contributed by atoms with Crippen molar-refractivity contribution in [2.45, 2.75) is 25.3 Å². The number of nitrogens with one attached hydrogen (secondary N) is 2. The highest BCUT2D eigenvalue weighted by molar-refractivity contribution is 6.33. The summed E-state index contributed by atoms with van der Waals surface area (Å²) in [5.41, 5.74) is 0.716. The number of halogens is 1. The van der Waals surface area contributed by atoms with E-state index in [1.807, 2.05) is 11.0 Å². The minimum absolute atomic E-state index is 0.116. The molecule has 1 saturated carbocycles. The SMILES string of the molecule is CNC(=O)c1ncc(Nc2nccc(N3CCC4C[C@H](C3)N(C(=O)[C@@H]3C[C@H]3C#N)C4)n2)cc1Cl. The fourth-order valence-corrected chi connectivity index (χ4v) is 5.14. The highest BCUT2D eigenvalue weighted by Gasteiger charge is 2.49. The third kappa shape index (κ3) is 4.35. The summed E-state index contributed by atoms with van der Waals surface area (Å²) < 4.78 is 0. The molecule has 0 spiro atoms. The smallest absolute Gasteiger partial charge is 0.271 e. The van der Waals surface area contributed by atoms with E-state index in [2.05, 4.69) is 36.6 Å². The molecule has 176 valence electrons. The molecular weight excluding hydrogens is 456 g/mol. The zero-order valence-electron chi connectivity index (χ0n) is 18.7. The molecule has 1 unspecified atom stereocenters. The van der Waals surface area contributed by atoms with Crippen molar-refractivity contribution in [1.82, 2.24) is 25.2 Å². The number of nitriles is 1. The predicted molar refractivity (Wildman–Crippen MR) is 126 cm³/mol. The van der Waals surface area contributed by atoms with E-state index >= 15 is 0 Å². The van der Waals surface area contributed by atoms with E-state index in [1.54, 1.807) is 12.3 Å². The van der Waals surface area contributed by atoms with Gasteiger partial charge in [0.05, 0.1) is 34.8 Å². The third-order valence-corrected chi connectivity index (χ3v) is 7.09. The number of fused-ring (bicyclic) bond motifs is 2. The van der Waals surface area contributed by atoms with Crippen LogP contribution in [0.1, 0.15) is 29.8 Å². The van der Waals surface area contributed by atoms with Gasteiger partial charge in [0.1, 0.15) is 11.5 Å². The van der Waals surface area contributed by atoms with Crippen molar-refractivity contribution in [2.75, 3.05) is 36.9 Å². The predicted octanol–water partition coefficient (Wildman–Crippen LogP) is 2.22. The van der Waals surface area contributed by atoms with E-state index in [-0.39, 0.29) is 40.4 Å². The Labute approximate surface area is 202 Å². The summed E-state index contributed by atoms with van der Waals surface area (Å²) in [4.78, 5) is 42.0. The Balaban J connectivity index is 1.29. The van der Waals surface area contributed by atoms with Crippen molar-refractivity contribution in [3.05, 3.63) is 35.2 Å². The lowest BCUT2D eigenvalue weighted by Gasteiger charge is -2.32. The van der Waals surface area contributed by atoms with E-state index in [1.165, 1.54) is 13.2 Å². The van der Waals surface area contributed by atoms with Gasteiger partial charge in [-0.1, -0.05) is 11.6 Å². The molecule has 3 fully saturated rings. The molecule has 2 bridgehead atoms. The lowest BCUT2D eigenvalue weighted by atomic mass is 10.0. The molecule has 3 aliphatic rings. The number of nitrogens with zero attached hydrogens (tertiary/aromatic N) is 6. The second-order valence-corrected chi connectivity index (χ2v) is 9.46. The molecule has 5 rings (SSSR count). The zero-order chi connectivity index (χ0) is 23.8. The number of carbonyl (C=O) groups is 2. The fourth-order valence-electron chi connectivity index (χ4n) is 4.89. The van der Waals surface area contributed by atoms with Crippen molar-refractivity contribution in [3.63, 3.8) is 0 Å². The van der Waals surface area contributed by atoms with E-state index in [9.17, 15) is 9.59 Å². The normalized spacial score (nSPS) is 25.3. The Bertz CT molecular complexity index is 1170. The molecule has 4 heterocycles. The lowest BCUT2D eigenvalue weighted by Crippen LogP contribution is -2.45. The summed E-state index contributed by atoms with van der Waals surface area (Å²) in [5.74, 6) is 1.18. The Morgan fingerprint density at radius 2 is 2.12 bits per heavy atom. The molecule has 10 nitrogen and oxygen atoms in total. The second-order valence-electron chi connectivity index (χ2n) is 9.06. The van der Waals surface area contributed by atoms with Crippen molar-refractivity contribution in [2.24, 2.45) is 17.8 Å². The first kappa shape index (κ1) is 22.3. The third-order valence-electron chi connectivity index (χ3n) is 6.80. The maximum absolute atomic E-state index is 12.9. The Morgan fingerprint density at radius 3 is 2.85 bits per heavy atom. The maximum atomic E-state index is 12.9. The van der Waals surface area contributed by atoms with Gasteiger partial charge in [0.2, 0.25) is 11.9 Å². The van der Waals surface area contributed by atoms with Crippen LogP contribution in [0, 0.1) is 29.1 Å². The van der Waals surface area contributed by atoms with Crippen LogP contribution in [0.4, 0.5) is 17.5 Å². The lowest BCUT2D eigenvalue weighted by molar-refractivity contribution is -0.133. The first-order valence-corrected chi connectivity index (χ1v) is 11.8. The molecule has 0 aromatic carbocycles. The molecule has 34 heavy (non-hydrogen) atoms. The standard InChI is InChI=1S/C23H25ClN8O2/c1-26-21(33)20-18(24)8-15(10-28-20)29-23-27-4-2-19(30-23)31-5-3-13-6-16(12-31)32(11-13)22(34)17-7-14(17)9-25/h2,4,8,10,13-14,16-17H,3,5-7,11-12H2,1H3,(H,26,33)(H,27,29,30)/t13?,14-,16+,17+/m0/s1. The van der Waals surface area contributed by atoms with Crippen LogP contribution in [-0.4, -0.2) is 64.4 Å². The number of likely N-dealkylation sites (tertiary alicyclic amines) is 1. The molecule has 2 aromatic rings. The van der Waals surface area contributed by atoms with Gasteiger partial charge in [-0.2, -0.15) is 10.2 Å². The van der Waals surface area contributed by atoms with E-state index in [4.69, 9.17) is 16.9 Å². The number of rotatable bonds is 5. The highest BCUT2D eigenvalue weighted by Crippen LogP contribution is 2.42. The van der Waals surface area contributed by atoms with Gasteiger partial charge < -0.3 is 20.4 Å². The van der Waals surface area contributed by atoms with Gasteiger partial charge in [-0.15, -0.1) is 0 Å². The monoisotopic (exact) mass is 480 g/mol. The van der Waals surface area contributed by atoms with Crippen molar-refractivity contribution in [3.8, 4) is 6.07 Å². The zero-order valence-corrected chi connectivity index (χ0v) is 19.5. The first-order valence-electron chi connectivity index (χ1n) is 11.4. The number of amides is 2. The van der Waals surface area contributed by atoms with Crippen molar-refractivity contribution < 1.29 is 9.59 Å². The van der Waals surface area contributed by atoms with E-state index in [0.717, 1.165) is 31.7 Å². The summed E-state index contributed by atoms with van der Waals surface area (Å²) >= 11 is 6.20. The molecule has 2 amide bonds. The van der Waals surface area contributed by atoms with Crippen LogP contribution >= 0.6 is 11.6 Å². The molecular formula is C23H25ClN8O2. The van der Waals surface area contributed by atoms with Gasteiger partial charge in [-0.3, -0.25) is 9.59 Å². The van der Waals surface area contributed by atoms with E-state index in [0.29, 0.717) is 30.5 Å². The molecule has 2 N–H and O–H groups in total. The molecule has 11 heteroatoms. The number of carbonyl (C=O) groups excluding carboxylic acids is 2. The number of pyridine rings is 1. The van der Waals surface area contributed by atoms with Crippen LogP contribution in [-0.2, 0) is 4.79 Å². The van der Waals surface area contributed by atoms with Crippen LogP contribution in [0.5, 0.6) is 0 Å². The van der Waals surface area contributed by atoms with Crippen LogP contribution in [0.25, 0.3) is 0 Å². The van der Waals surface area contributed by atoms with E-state index < -0.39 is 0 Å². The maximum Gasteiger partial charge on any atom is 0.271 e. The summed E-state index contributed by atoms with van der Waals surface area (Å²) in [7, 11) is 1.52. The van der Waals surface area contributed by atoms with Crippen LogP contribution in [0.2, 0.25) is 5.02 Å². The molecule has 0 radical (unpaired) electrons. The second kappa shape index (κ2) is 9.06.